The summed E-state index contributed by atoms with van der Waals surface area (Å²) in [5.74, 6) is 1.56. The van der Waals surface area contributed by atoms with Crippen molar-refractivity contribution >= 4 is 12.4 Å². The number of rotatable bonds is 5. The maximum Gasteiger partial charge on any atom is 0.226 e. The van der Waals surface area contributed by atoms with Crippen LogP contribution in [-0.4, -0.2) is 41.2 Å². The molecule has 0 aliphatic carbocycles. The lowest BCUT2D eigenvalue weighted by molar-refractivity contribution is 0.239. The molecule has 1 aliphatic heterocycles. The normalized spacial score (nSPS) is 19.6. The van der Waals surface area contributed by atoms with E-state index in [4.69, 9.17) is 4.52 Å². The van der Waals surface area contributed by atoms with Gasteiger partial charge in [-0.25, -0.2) is 0 Å². The van der Waals surface area contributed by atoms with E-state index in [2.05, 4.69) is 34.3 Å². The van der Waals surface area contributed by atoms with Gasteiger partial charge in [-0.1, -0.05) is 12.1 Å². The van der Waals surface area contributed by atoms with Crippen molar-refractivity contribution in [1.29, 1.82) is 0 Å². The van der Waals surface area contributed by atoms with Crippen molar-refractivity contribution in [1.82, 2.24) is 20.4 Å². The highest BCUT2D eigenvalue weighted by molar-refractivity contribution is 5.85. The first-order chi connectivity index (χ1) is 7.79. The minimum absolute atomic E-state index is 0. The summed E-state index contributed by atoms with van der Waals surface area (Å²) in [6, 6.07) is 0.605. The second-order valence-electron chi connectivity index (χ2n) is 4.42. The lowest BCUT2D eigenvalue weighted by Crippen LogP contribution is -2.33. The molecule has 5 nitrogen and oxygen atoms in total. The van der Waals surface area contributed by atoms with E-state index in [-0.39, 0.29) is 12.4 Å². The summed E-state index contributed by atoms with van der Waals surface area (Å²) in [6.45, 7) is 5.07. The Bertz CT molecular complexity index is 325. The van der Waals surface area contributed by atoms with Gasteiger partial charge in [-0.15, -0.1) is 12.4 Å². The van der Waals surface area contributed by atoms with Crippen LogP contribution in [0.1, 0.15) is 31.5 Å². The molecular formula is C11H21ClN4O. The molecule has 0 saturated carbocycles. The van der Waals surface area contributed by atoms with Crippen LogP contribution in [-0.2, 0) is 13.0 Å². The number of hydrogen-bond acceptors (Lipinski definition) is 5. The zero-order valence-electron chi connectivity index (χ0n) is 10.5. The molecule has 17 heavy (non-hydrogen) atoms. The number of nitrogens with zero attached hydrogens (tertiary/aromatic N) is 3. The number of halogens is 1. The summed E-state index contributed by atoms with van der Waals surface area (Å²) in [4.78, 5) is 6.66. The first-order valence-electron chi connectivity index (χ1n) is 6.02. The molecule has 1 aromatic heterocycles. The van der Waals surface area contributed by atoms with Crippen LogP contribution in [0.4, 0.5) is 0 Å². The van der Waals surface area contributed by atoms with Crippen molar-refractivity contribution in [2.75, 3.05) is 20.1 Å². The SMILES string of the molecule is CCCc1nc(CN(C)C2CCNC2)no1.Cl. The van der Waals surface area contributed by atoms with Gasteiger partial charge in [-0.3, -0.25) is 4.90 Å². The lowest BCUT2D eigenvalue weighted by Gasteiger charge is -2.21. The third kappa shape index (κ3) is 3.94. The molecule has 0 radical (unpaired) electrons. The molecule has 0 spiro atoms. The average molecular weight is 261 g/mol. The van der Waals surface area contributed by atoms with Gasteiger partial charge in [0.25, 0.3) is 0 Å². The fourth-order valence-corrected chi connectivity index (χ4v) is 2.04. The molecule has 1 N–H and O–H groups in total. The van der Waals surface area contributed by atoms with Gasteiger partial charge in [-0.05, 0) is 26.4 Å². The van der Waals surface area contributed by atoms with Crippen LogP contribution in [0, 0.1) is 0 Å². The number of likely N-dealkylation sites (N-methyl/N-ethyl adjacent to an activating group) is 1. The fourth-order valence-electron chi connectivity index (χ4n) is 2.04. The van der Waals surface area contributed by atoms with Gasteiger partial charge >= 0.3 is 0 Å². The predicted molar refractivity (Wildman–Crippen MR) is 68.3 cm³/mol. The van der Waals surface area contributed by atoms with Crippen LogP contribution in [0.5, 0.6) is 0 Å². The Labute approximate surface area is 108 Å². The minimum Gasteiger partial charge on any atom is -0.339 e. The van der Waals surface area contributed by atoms with Gasteiger partial charge < -0.3 is 9.84 Å². The van der Waals surface area contributed by atoms with E-state index in [1.165, 1.54) is 6.42 Å². The Hall–Kier alpha value is -0.650. The van der Waals surface area contributed by atoms with E-state index in [1.807, 2.05) is 0 Å². The quantitative estimate of drug-likeness (QED) is 0.863. The first-order valence-corrected chi connectivity index (χ1v) is 6.02. The van der Waals surface area contributed by atoms with E-state index in [9.17, 15) is 0 Å². The number of aryl methyl sites for hydroxylation is 1. The smallest absolute Gasteiger partial charge is 0.226 e. The van der Waals surface area contributed by atoms with Crippen molar-refractivity contribution in [3.8, 4) is 0 Å². The fraction of sp³-hybridized carbons (Fsp3) is 0.818. The molecule has 1 unspecified atom stereocenters. The van der Waals surface area contributed by atoms with E-state index >= 15 is 0 Å². The van der Waals surface area contributed by atoms with Crippen LogP contribution in [0.3, 0.4) is 0 Å². The summed E-state index contributed by atoms with van der Waals surface area (Å²) in [5.41, 5.74) is 0. The lowest BCUT2D eigenvalue weighted by atomic mass is 10.2. The van der Waals surface area contributed by atoms with Crippen LogP contribution in [0.25, 0.3) is 0 Å². The first kappa shape index (κ1) is 14.4. The van der Waals surface area contributed by atoms with Gasteiger partial charge in [0.15, 0.2) is 5.82 Å². The Kier molecular flexibility index (Phi) is 5.88. The van der Waals surface area contributed by atoms with Crippen LogP contribution in [0.2, 0.25) is 0 Å². The largest absolute Gasteiger partial charge is 0.339 e. The molecule has 2 heterocycles. The number of aromatic nitrogens is 2. The Morgan fingerprint density at radius 3 is 3.00 bits per heavy atom. The van der Waals surface area contributed by atoms with Crippen molar-refractivity contribution in [3.63, 3.8) is 0 Å². The monoisotopic (exact) mass is 260 g/mol. The topological polar surface area (TPSA) is 54.2 Å². The Morgan fingerprint density at radius 1 is 1.53 bits per heavy atom. The molecule has 2 rings (SSSR count). The highest BCUT2D eigenvalue weighted by Gasteiger charge is 2.20. The van der Waals surface area contributed by atoms with Crippen molar-refractivity contribution < 1.29 is 4.52 Å². The highest BCUT2D eigenvalue weighted by Crippen LogP contribution is 2.09. The zero-order chi connectivity index (χ0) is 11.4. The maximum absolute atomic E-state index is 5.17. The van der Waals surface area contributed by atoms with Crippen LogP contribution in [0.15, 0.2) is 4.52 Å². The van der Waals surface area contributed by atoms with Crippen molar-refractivity contribution in [3.05, 3.63) is 11.7 Å². The van der Waals surface area contributed by atoms with Crippen LogP contribution < -0.4 is 5.32 Å². The zero-order valence-corrected chi connectivity index (χ0v) is 11.3. The highest BCUT2D eigenvalue weighted by atomic mass is 35.5. The van der Waals surface area contributed by atoms with Gasteiger partial charge in [0.2, 0.25) is 5.89 Å². The molecule has 1 fully saturated rings. The molecule has 1 saturated heterocycles. The maximum atomic E-state index is 5.17. The minimum atomic E-state index is 0. The summed E-state index contributed by atoms with van der Waals surface area (Å²) >= 11 is 0. The molecule has 6 heteroatoms. The number of hydrogen-bond donors (Lipinski definition) is 1. The second-order valence-corrected chi connectivity index (χ2v) is 4.42. The van der Waals surface area contributed by atoms with Gasteiger partial charge in [0.1, 0.15) is 0 Å². The molecule has 0 bridgehead atoms. The van der Waals surface area contributed by atoms with Crippen molar-refractivity contribution in [2.24, 2.45) is 0 Å². The summed E-state index contributed by atoms with van der Waals surface area (Å²) in [5, 5.41) is 7.36. The third-order valence-electron chi connectivity index (χ3n) is 3.02. The van der Waals surface area contributed by atoms with E-state index in [1.54, 1.807) is 0 Å². The molecule has 98 valence electrons. The Morgan fingerprint density at radius 2 is 2.35 bits per heavy atom. The number of nitrogens with one attached hydrogen (secondary N) is 1. The van der Waals surface area contributed by atoms with Crippen LogP contribution >= 0.6 is 12.4 Å². The average Bonchev–Trinajstić information content (AvgIpc) is 2.89. The standard InChI is InChI=1S/C11H20N4O.ClH/c1-3-4-11-13-10(14-16-11)8-15(2)9-5-6-12-7-9;/h9,12H,3-8H2,1-2H3;1H. The molecule has 1 aromatic rings. The molecular weight excluding hydrogens is 240 g/mol. The summed E-state index contributed by atoms with van der Waals surface area (Å²) in [7, 11) is 2.12. The molecule has 0 aromatic carbocycles. The Balaban J connectivity index is 0.00000144. The van der Waals surface area contributed by atoms with E-state index in [0.717, 1.165) is 44.2 Å². The van der Waals surface area contributed by atoms with Gasteiger partial charge in [0.05, 0.1) is 6.54 Å². The summed E-state index contributed by atoms with van der Waals surface area (Å²) in [6.07, 6.45) is 3.13. The summed E-state index contributed by atoms with van der Waals surface area (Å²) < 4.78 is 5.17. The van der Waals surface area contributed by atoms with Crippen molar-refractivity contribution in [2.45, 2.75) is 38.8 Å². The van der Waals surface area contributed by atoms with Gasteiger partial charge in [0, 0.05) is 19.0 Å². The van der Waals surface area contributed by atoms with E-state index < -0.39 is 0 Å². The van der Waals surface area contributed by atoms with E-state index in [0.29, 0.717) is 6.04 Å². The molecule has 1 atom stereocenters. The van der Waals surface area contributed by atoms with Gasteiger partial charge in [-0.2, -0.15) is 4.98 Å². The third-order valence-corrected chi connectivity index (χ3v) is 3.02. The molecule has 1 aliphatic rings. The molecule has 0 amide bonds. The second kappa shape index (κ2) is 6.93. The predicted octanol–water partition coefficient (Wildman–Crippen LogP) is 1.24.